The van der Waals surface area contributed by atoms with Crippen LogP contribution in [0, 0.1) is 6.92 Å². The van der Waals surface area contributed by atoms with Crippen LogP contribution < -0.4 is 10.2 Å². The molecule has 0 saturated carbocycles. The fraction of sp³-hybridized carbons (Fsp3) is 0.211. The van der Waals surface area contributed by atoms with E-state index in [2.05, 4.69) is 46.6 Å². The highest BCUT2D eigenvalue weighted by Crippen LogP contribution is 2.19. The molecule has 1 amide bonds. The third-order valence-corrected chi connectivity index (χ3v) is 3.77. The van der Waals surface area contributed by atoms with Crippen molar-refractivity contribution in [1.82, 2.24) is 0 Å². The van der Waals surface area contributed by atoms with E-state index >= 15 is 0 Å². The summed E-state index contributed by atoms with van der Waals surface area (Å²) < 4.78 is 0. The summed E-state index contributed by atoms with van der Waals surface area (Å²) in [6.07, 6.45) is 4.13. The van der Waals surface area contributed by atoms with Gasteiger partial charge in [-0.1, -0.05) is 30.4 Å². The highest BCUT2D eigenvalue weighted by atomic mass is 35.5. The van der Waals surface area contributed by atoms with Crippen LogP contribution in [0.1, 0.15) is 16.7 Å². The fourth-order valence-corrected chi connectivity index (χ4v) is 2.26. The van der Waals surface area contributed by atoms with Crippen molar-refractivity contribution < 1.29 is 4.79 Å². The highest BCUT2D eigenvalue weighted by molar-refractivity contribution is 6.29. The Morgan fingerprint density at radius 1 is 1.09 bits per heavy atom. The first kappa shape index (κ1) is 17.1. The zero-order valence-corrected chi connectivity index (χ0v) is 14.4. The summed E-state index contributed by atoms with van der Waals surface area (Å²) in [5.41, 5.74) is 5.21. The van der Waals surface area contributed by atoms with Gasteiger partial charge in [0, 0.05) is 25.5 Å². The molecule has 2 aromatic carbocycles. The van der Waals surface area contributed by atoms with E-state index in [0.29, 0.717) is 0 Å². The predicted octanol–water partition coefficient (Wildman–Crippen LogP) is 4.41. The van der Waals surface area contributed by atoms with Gasteiger partial charge in [0.05, 0.1) is 0 Å². The number of benzene rings is 2. The number of nitrogens with one attached hydrogen (secondary N) is 1. The molecule has 0 unspecified atom stereocenters. The maximum Gasteiger partial charge on any atom is 0.239 e. The monoisotopic (exact) mass is 328 g/mol. The number of alkyl halides is 1. The van der Waals surface area contributed by atoms with E-state index in [1.165, 1.54) is 5.69 Å². The van der Waals surface area contributed by atoms with Gasteiger partial charge in [0.2, 0.25) is 5.91 Å². The second kappa shape index (κ2) is 7.84. The van der Waals surface area contributed by atoms with E-state index in [0.717, 1.165) is 22.4 Å². The Kier molecular flexibility index (Phi) is 5.83. The number of carbonyl (C=O) groups excluding carboxylic acids is 1. The number of carbonyl (C=O) groups is 1. The second-order valence-electron chi connectivity index (χ2n) is 5.58. The van der Waals surface area contributed by atoms with Crippen molar-refractivity contribution >= 4 is 41.0 Å². The largest absolute Gasteiger partial charge is 0.378 e. The maximum absolute atomic E-state index is 11.3. The van der Waals surface area contributed by atoms with Crippen molar-refractivity contribution in [2.24, 2.45) is 0 Å². The molecule has 0 heterocycles. The van der Waals surface area contributed by atoms with Gasteiger partial charge < -0.3 is 10.2 Å². The molecule has 0 bridgehead atoms. The van der Waals surface area contributed by atoms with Crippen LogP contribution in [-0.4, -0.2) is 25.9 Å². The Labute approximate surface area is 142 Å². The van der Waals surface area contributed by atoms with E-state index in [1.807, 2.05) is 39.2 Å². The summed E-state index contributed by atoms with van der Waals surface area (Å²) in [6.45, 7) is 1.97. The van der Waals surface area contributed by atoms with Crippen molar-refractivity contribution in [1.29, 1.82) is 0 Å². The fourth-order valence-electron chi connectivity index (χ4n) is 2.19. The van der Waals surface area contributed by atoms with Crippen molar-refractivity contribution in [3.8, 4) is 0 Å². The summed E-state index contributed by atoms with van der Waals surface area (Å²) in [4.78, 5) is 13.4. The lowest BCUT2D eigenvalue weighted by Gasteiger charge is -2.11. The first-order valence-electron chi connectivity index (χ1n) is 7.41. The van der Waals surface area contributed by atoms with Crippen LogP contribution in [-0.2, 0) is 4.79 Å². The number of anilines is 2. The van der Waals surface area contributed by atoms with E-state index in [4.69, 9.17) is 11.6 Å². The molecule has 0 fully saturated rings. The maximum atomic E-state index is 11.3. The van der Waals surface area contributed by atoms with E-state index in [1.54, 1.807) is 0 Å². The van der Waals surface area contributed by atoms with E-state index in [9.17, 15) is 4.79 Å². The quantitative estimate of drug-likeness (QED) is 0.651. The molecular weight excluding hydrogens is 308 g/mol. The zero-order valence-electron chi connectivity index (χ0n) is 13.6. The van der Waals surface area contributed by atoms with Crippen LogP contribution in [0.2, 0.25) is 0 Å². The van der Waals surface area contributed by atoms with Gasteiger partial charge in [-0.2, -0.15) is 0 Å². The molecule has 2 aromatic rings. The molecule has 0 atom stereocenters. The molecule has 2 rings (SSSR count). The molecule has 120 valence electrons. The first-order valence-corrected chi connectivity index (χ1v) is 7.95. The molecule has 0 aliphatic rings. The third-order valence-electron chi connectivity index (χ3n) is 3.52. The Morgan fingerprint density at radius 3 is 2.26 bits per heavy atom. The lowest BCUT2D eigenvalue weighted by atomic mass is 10.1. The molecule has 3 nitrogen and oxygen atoms in total. The van der Waals surface area contributed by atoms with Crippen LogP contribution in [0.5, 0.6) is 0 Å². The van der Waals surface area contributed by atoms with E-state index in [-0.39, 0.29) is 11.8 Å². The summed E-state index contributed by atoms with van der Waals surface area (Å²) >= 11 is 5.51. The molecule has 0 aromatic heterocycles. The first-order chi connectivity index (χ1) is 11.0. The number of rotatable bonds is 5. The predicted molar refractivity (Wildman–Crippen MR) is 100 cm³/mol. The van der Waals surface area contributed by atoms with Gasteiger partial charge in [0.25, 0.3) is 0 Å². The van der Waals surface area contributed by atoms with Crippen LogP contribution in [0.4, 0.5) is 11.4 Å². The standard InChI is InChI=1S/C19H21ClN2O/c1-14-12-16(8-11-18(14)21-19(23)13-20)5-4-15-6-9-17(10-7-15)22(2)3/h4-12H,13H2,1-3H3,(H,21,23)/b5-4+. The average Bonchev–Trinajstić information content (AvgIpc) is 2.55. The summed E-state index contributed by atoms with van der Waals surface area (Å²) in [5.74, 6) is -0.233. The second-order valence-corrected chi connectivity index (χ2v) is 5.84. The van der Waals surface area contributed by atoms with Crippen LogP contribution in [0.25, 0.3) is 12.2 Å². The summed E-state index contributed by atoms with van der Waals surface area (Å²) in [5, 5.41) is 2.78. The Hall–Kier alpha value is -2.26. The highest BCUT2D eigenvalue weighted by Gasteiger charge is 2.03. The average molecular weight is 329 g/mol. The Bertz CT molecular complexity index is 706. The molecular formula is C19H21ClN2O. The Balaban J connectivity index is 2.10. The molecule has 4 heteroatoms. The molecule has 0 spiro atoms. The normalized spacial score (nSPS) is 10.8. The van der Waals surface area contributed by atoms with Crippen LogP contribution >= 0.6 is 11.6 Å². The van der Waals surface area contributed by atoms with Crippen LogP contribution in [0.3, 0.4) is 0 Å². The summed E-state index contributed by atoms with van der Waals surface area (Å²) in [6, 6.07) is 14.3. The van der Waals surface area contributed by atoms with Gasteiger partial charge in [0.15, 0.2) is 0 Å². The van der Waals surface area contributed by atoms with Gasteiger partial charge in [-0.05, 0) is 47.9 Å². The lowest BCUT2D eigenvalue weighted by Crippen LogP contribution is -2.13. The molecule has 1 N–H and O–H groups in total. The van der Waals surface area contributed by atoms with Gasteiger partial charge in [0.1, 0.15) is 5.88 Å². The van der Waals surface area contributed by atoms with Crippen LogP contribution in [0.15, 0.2) is 42.5 Å². The van der Waals surface area contributed by atoms with E-state index < -0.39 is 0 Å². The number of aryl methyl sites for hydroxylation is 1. The molecule has 0 radical (unpaired) electrons. The van der Waals surface area contributed by atoms with Crippen molar-refractivity contribution in [3.63, 3.8) is 0 Å². The topological polar surface area (TPSA) is 32.3 Å². The molecule has 0 saturated heterocycles. The summed E-state index contributed by atoms with van der Waals surface area (Å²) in [7, 11) is 4.05. The minimum Gasteiger partial charge on any atom is -0.378 e. The number of hydrogen-bond acceptors (Lipinski definition) is 2. The van der Waals surface area contributed by atoms with Gasteiger partial charge >= 0.3 is 0 Å². The third kappa shape index (κ3) is 4.86. The van der Waals surface area contributed by atoms with Gasteiger partial charge in [-0.3, -0.25) is 4.79 Å². The van der Waals surface area contributed by atoms with Crippen molar-refractivity contribution in [2.45, 2.75) is 6.92 Å². The number of hydrogen-bond donors (Lipinski definition) is 1. The molecule has 0 aliphatic heterocycles. The van der Waals surface area contributed by atoms with Gasteiger partial charge in [-0.25, -0.2) is 0 Å². The van der Waals surface area contributed by atoms with Crippen molar-refractivity contribution in [2.75, 3.05) is 30.2 Å². The molecule has 0 aliphatic carbocycles. The zero-order chi connectivity index (χ0) is 16.8. The van der Waals surface area contributed by atoms with Crippen molar-refractivity contribution in [3.05, 3.63) is 59.2 Å². The minimum absolute atomic E-state index is 0.0377. The molecule has 23 heavy (non-hydrogen) atoms. The SMILES string of the molecule is Cc1cc(/C=C/c2ccc(N(C)C)cc2)ccc1NC(=O)CCl. The number of halogens is 1. The minimum atomic E-state index is -0.195. The number of nitrogens with zero attached hydrogens (tertiary/aromatic N) is 1. The number of amides is 1. The lowest BCUT2D eigenvalue weighted by molar-refractivity contribution is -0.113. The smallest absolute Gasteiger partial charge is 0.239 e. The van der Waals surface area contributed by atoms with Gasteiger partial charge in [-0.15, -0.1) is 11.6 Å². The Morgan fingerprint density at radius 2 is 1.70 bits per heavy atom.